The predicted molar refractivity (Wildman–Crippen MR) is 108 cm³/mol. The van der Waals surface area contributed by atoms with Crippen molar-refractivity contribution in [3.8, 4) is 5.75 Å². The highest BCUT2D eigenvalue weighted by Crippen LogP contribution is 2.13. The summed E-state index contributed by atoms with van der Waals surface area (Å²) in [4.78, 5) is 18.5. The summed E-state index contributed by atoms with van der Waals surface area (Å²) in [6.45, 7) is 13.4. The first kappa shape index (κ1) is 21.8. The molecule has 2 N–H and O–H groups in total. The molecule has 0 fully saturated rings. The fourth-order valence-electron chi connectivity index (χ4n) is 2.32. The summed E-state index contributed by atoms with van der Waals surface area (Å²) in [6.07, 6.45) is -0.0665. The van der Waals surface area contributed by atoms with Crippen LogP contribution in [0.3, 0.4) is 0 Å². The molecule has 0 heterocycles. The topological polar surface area (TPSA) is 66.0 Å². The molecule has 1 atom stereocenters. The van der Waals surface area contributed by atoms with Crippen LogP contribution in [-0.4, -0.2) is 55.1 Å². The van der Waals surface area contributed by atoms with Crippen LogP contribution in [0.25, 0.3) is 0 Å². The Bertz CT molecular complexity index is 591. The number of benzene rings is 1. The zero-order valence-electron chi connectivity index (χ0n) is 17.2. The van der Waals surface area contributed by atoms with E-state index < -0.39 is 0 Å². The molecule has 0 spiro atoms. The predicted octanol–water partition coefficient (Wildman–Crippen LogP) is 2.57. The van der Waals surface area contributed by atoms with Gasteiger partial charge in [0.25, 0.3) is 0 Å². The molecule has 26 heavy (non-hydrogen) atoms. The monoisotopic (exact) mass is 362 g/mol. The van der Waals surface area contributed by atoms with Gasteiger partial charge >= 0.3 is 0 Å². The van der Waals surface area contributed by atoms with Crippen LogP contribution in [0.1, 0.15) is 40.2 Å². The van der Waals surface area contributed by atoms with Crippen molar-refractivity contribution in [2.45, 2.75) is 53.2 Å². The number of aryl methyl sites for hydroxylation is 1. The van der Waals surface area contributed by atoms with Gasteiger partial charge in [0.05, 0.1) is 13.1 Å². The number of likely N-dealkylation sites (N-methyl/N-ethyl adjacent to an activating group) is 1. The number of guanidine groups is 1. The first-order valence-electron chi connectivity index (χ1n) is 9.14. The molecule has 0 saturated heterocycles. The lowest BCUT2D eigenvalue weighted by Gasteiger charge is -2.25. The molecule has 6 nitrogen and oxygen atoms in total. The van der Waals surface area contributed by atoms with Gasteiger partial charge in [-0.25, -0.2) is 4.99 Å². The summed E-state index contributed by atoms with van der Waals surface area (Å²) < 4.78 is 5.89. The Hall–Kier alpha value is -2.24. The molecule has 0 radical (unpaired) electrons. The van der Waals surface area contributed by atoms with E-state index >= 15 is 0 Å². The van der Waals surface area contributed by atoms with Crippen LogP contribution in [0.15, 0.2) is 29.3 Å². The van der Waals surface area contributed by atoms with Gasteiger partial charge in [-0.15, -0.1) is 0 Å². The van der Waals surface area contributed by atoms with Gasteiger partial charge in [0.2, 0.25) is 5.91 Å². The zero-order chi connectivity index (χ0) is 19.7. The Morgan fingerprint density at radius 3 is 2.42 bits per heavy atom. The van der Waals surface area contributed by atoms with Crippen LogP contribution in [0.5, 0.6) is 5.75 Å². The highest BCUT2D eigenvalue weighted by Gasteiger charge is 2.17. The van der Waals surface area contributed by atoms with E-state index in [0.717, 1.165) is 12.3 Å². The van der Waals surface area contributed by atoms with Crippen molar-refractivity contribution in [3.63, 3.8) is 0 Å². The second-order valence-electron chi connectivity index (χ2n) is 7.59. The average Bonchev–Trinajstić information content (AvgIpc) is 2.51. The Kier molecular flexibility index (Phi) is 8.42. The summed E-state index contributed by atoms with van der Waals surface area (Å²) in [5.41, 5.74) is 0.955. The number of amides is 1. The molecule has 1 amide bonds. The minimum Gasteiger partial charge on any atom is -0.489 e. The Morgan fingerprint density at radius 1 is 1.27 bits per heavy atom. The smallest absolute Gasteiger partial charge is 0.240 e. The van der Waals surface area contributed by atoms with Crippen LogP contribution in [0.2, 0.25) is 0 Å². The fraction of sp³-hybridized carbons (Fsp3) is 0.600. The molecular formula is C20H34N4O2. The third kappa shape index (κ3) is 8.74. The molecule has 1 aromatic rings. The highest BCUT2D eigenvalue weighted by molar-refractivity contribution is 5.86. The largest absolute Gasteiger partial charge is 0.489 e. The Balaban J connectivity index is 2.63. The number of ether oxygens (including phenoxy) is 1. The maximum atomic E-state index is 12.1. The van der Waals surface area contributed by atoms with Crippen molar-refractivity contribution in [2.24, 2.45) is 4.99 Å². The first-order chi connectivity index (χ1) is 12.1. The summed E-state index contributed by atoms with van der Waals surface area (Å²) in [6, 6.07) is 7.97. The number of rotatable bonds is 7. The molecule has 0 aliphatic heterocycles. The number of nitrogens with one attached hydrogen (secondary N) is 2. The average molecular weight is 363 g/mol. The first-order valence-corrected chi connectivity index (χ1v) is 9.14. The molecule has 0 aromatic heterocycles. The number of carbonyl (C=O) groups excluding carboxylic acids is 1. The lowest BCUT2D eigenvalue weighted by molar-refractivity contribution is -0.122. The molecule has 6 heteroatoms. The highest BCUT2D eigenvalue weighted by atomic mass is 16.5. The Morgan fingerprint density at radius 2 is 1.88 bits per heavy atom. The summed E-state index contributed by atoms with van der Waals surface area (Å²) >= 11 is 0. The minimum absolute atomic E-state index is 0.0328. The van der Waals surface area contributed by atoms with Gasteiger partial charge in [-0.05, 0) is 53.7 Å². The van der Waals surface area contributed by atoms with E-state index in [4.69, 9.17) is 4.74 Å². The van der Waals surface area contributed by atoms with E-state index in [1.54, 1.807) is 0 Å². The summed E-state index contributed by atoms with van der Waals surface area (Å²) in [5, 5.41) is 6.18. The van der Waals surface area contributed by atoms with E-state index in [9.17, 15) is 4.79 Å². The standard InChI is InChI=1S/C20H34N4O2/c1-8-21-19(24(7)14-18(25)23-20(4,5)6)22-13-16(3)26-17-11-9-15(2)10-12-17/h9-12,16H,8,13-14H2,1-7H3,(H,21,22)(H,23,25). The molecule has 0 aliphatic rings. The zero-order valence-corrected chi connectivity index (χ0v) is 17.2. The van der Waals surface area contributed by atoms with Gasteiger partial charge < -0.3 is 20.3 Å². The quantitative estimate of drug-likeness (QED) is 0.578. The van der Waals surface area contributed by atoms with Crippen molar-refractivity contribution in [3.05, 3.63) is 29.8 Å². The molecule has 0 bridgehead atoms. The number of hydrogen-bond donors (Lipinski definition) is 2. The molecule has 146 valence electrons. The maximum Gasteiger partial charge on any atom is 0.240 e. The SMILES string of the molecule is CCNC(=NCC(C)Oc1ccc(C)cc1)N(C)CC(=O)NC(C)(C)C. The number of hydrogen-bond acceptors (Lipinski definition) is 3. The summed E-state index contributed by atoms with van der Waals surface area (Å²) in [5.74, 6) is 1.49. The van der Waals surface area contributed by atoms with Crippen LogP contribution >= 0.6 is 0 Å². The van der Waals surface area contributed by atoms with Gasteiger partial charge in [0.15, 0.2) is 5.96 Å². The van der Waals surface area contributed by atoms with Gasteiger partial charge in [0, 0.05) is 19.1 Å². The molecule has 0 aliphatic carbocycles. The van der Waals surface area contributed by atoms with Gasteiger partial charge in [-0.3, -0.25) is 4.79 Å². The maximum absolute atomic E-state index is 12.1. The molecule has 0 saturated carbocycles. The lowest BCUT2D eigenvalue weighted by atomic mass is 10.1. The second-order valence-corrected chi connectivity index (χ2v) is 7.59. The van der Waals surface area contributed by atoms with E-state index in [0.29, 0.717) is 12.5 Å². The number of nitrogens with zero attached hydrogens (tertiary/aromatic N) is 2. The van der Waals surface area contributed by atoms with Crippen LogP contribution in [0, 0.1) is 6.92 Å². The molecular weight excluding hydrogens is 328 g/mol. The van der Waals surface area contributed by atoms with E-state index in [-0.39, 0.29) is 24.1 Å². The minimum atomic E-state index is -0.246. The molecule has 1 rings (SSSR count). The third-order valence-electron chi connectivity index (χ3n) is 3.45. The summed E-state index contributed by atoms with van der Waals surface area (Å²) in [7, 11) is 1.86. The Labute approximate surface area is 158 Å². The molecule has 1 unspecified atom stereocenters. The van der Waals surface area contributed by atoms with Crippen LogP contribution < -0.4 is 15.4 Å². The van der Waals surface area contributed by atoms with Gasteiger partial charge in [0.1, 0.15) is 11.9 Å². The fourth-order valence-corrected chi connectivity index (χ4v) is 2.32. The van der Waals surface area contributed by atoms with Crippen molar-refractivity contribution < 1.29 is 9.53 Å². The van der Waals surface area contributed by atoms with Crippen molar-refractivity contribution in [1.29, 1.82) is 0 Å². The van der Waals surface area contributed by atoms with Crippen LogP contribution in [-0.2, 0) is 4.79 Å². The van der Waals surface area contributed by atoms with E-state index in [1.807, 2.05) is 77.8 Å². The number of carbonyl (C=O) groups is 1. The number of aliphatic imine (C=N–C) groups is 1. The van der Waals surface area contributed by atoms with Crippen LogP contribution in [0.4, 0.5) is 0 Å². The van der Waals surface area contributed by atoms with E-state index in [1.165, 1.54) is 5.56 Å². The van der Waals surface area contributed by atoms with Crippen molar-refractivity contribution >= 4 is 11.9 Å². The molecule has 1 aromatic carbocycles. The van der Waals surface area contributed by atoms with E-state index in [2.05, 4.69) is 15.6 Å². The normalized spacial score (nSPS) is 13.1. The van der Waals surface area contributed by atoms with Gasteiger partial charge in [-0.1, -0.05) is 17.7 Å². The second kappa shape index (κ2) is 10.0. The van der Waals surface area contributed by atoms with Gasteiger partial charge in [-0.2, -0.15) is 0 Å². The lowest BCUT2D eigenvalue weighted by Crippen LogP contribution is -2.49. The van der Waals surface area contributed by atoms with Crippen molar-refractivity contribution in [2.75, 3.05) is 26.7 Å². The van der Waals surface area contributed by atoms with Crippen molar-refractivity contribution in [1.82, 2.24) is 15.5 Å². The third-order valence-corrected chi connectivity index (χ3v) is 3.45.